The molecule has 0 saturated carbocycles. The van der Waals surface area contributed by atoms with Gasteiger partial charge in [0.1, 0.15) is 5.25 Å². The first-order valence-electron chi connectivity index (χ1n) is 9.51. The van der Waals surface area contributed by atoms with Crippen LogP contribution in [-0.2, 0) is 17.6 Å². The van der Waals surface area contributed by atoms with Crippen molar-refractivity contribution in [2.75, 3.05) is 10.7 Å². The van der Waals surface area contributed by atoms with Crippen LogP contribution in [0.15, 0.2) is 59.8 Å². The number of nitrogens with zero attached hydrogens (tertiary/aromatic N) is 3. The quantitative estimate of drug-likeness (QED) is 0.690. The van der Waals surface area contributed by atoms with Gasteiger partial charge in [-0.2, -0.15) is 0 Å². The Morgan fingerprint density at radius 3 is 2.50 bits per heavy atom. The summed E-state index contributed by atoms with van der Waals surface area (Å²) in [4.78, 5) is 13.2. The van der Waals surface area contributed by atoms with Crippen LogP contribution < -0.4 is 10.7 Å². The molecule has 0 unspecified atom stereocenters. The van der Waals surface area contributed by atoms with Crippen LogP contribution in [0.2, 0.25) is 0 Å². The van der Waals surface area contributed by atoms with Crippen LogP contribution in [0.25, 0.3) is 0 Å². The van der Waals surface area contributed by atoms with Gasteiger partial charge in [0.05, 0.1) is 6.04 Å². The van der Waals surface area contributed by atoms with Crippen molar-refractivity contribution in [2.45, 2.75) is 43.1 Å². The number of carbonyl (C=O) groups is 1. The number of carbonyl (C=O) groups excluding carboxylic acids is 1. The molecule has 0 radical (unpaired) electrons. The van der Waals surface area contributed by atoms with Crippen LogP contribution in [0.3, 0.4) is 0 Å². The molecule has 1 aliphatic heterocycles. The highest BCUT2D eigenvalue weighted by Crippen LogP contribution is 2.37. The van der Waals surface area contributed by atoms with Crippen molar-refractivity contribution < 1.29 is 4.79 Å². The lowest BCUT2D eigenvalue weighted by atomic mass is 10.0. The molecule has 0 spiro atoms. The van der Waals surface area contributed by atoms with Gasteiger partial charge in [-0.25, -0.2) is 4.68 Å². The summed E-state index contributed by atoms with van der Waals surface area (Å²) in [6, 6.07) is 17.8. The predicted molar refractivity (Wildman–Crippen MR) is 112 cm³/mol. The zero-order valence-electron chi connectivity index (χ0n) is 15.9. The minimum Gasteiger partial charge on any atom is -0.325 e. The number of hydrogen-bond donors (Lipinski definition) is 2. The van der Waals surface area contributed by atoms with Crippen molar-refractivity contribution in [1.29, 1.82) is 0 Å². The van der Waals surface area contributed by atoms with Gasteiger partial charge in [-0.3, -0.25) is 4.79 Å². The Labute approximate surface area is 168 Å². The summed E-state index contributed by atoms with van der Waals surface area (Å²) in [6.07, 6.45) is 1.74. The van der Waals surface area contributed by atoms with Crippen LogP contribution >= 0.6 is 11.8 Å². The van der Waals surface area contributed by atoms with Crippen molar-refractivity contribution in [3.05, 3.63) is 71.5 Å². The van der Waals surface area contributed by atoms with Gasteiger partial charge in [0.15, 0.2) is 5.82 Å². The second-order valence-electron chi connectivity index (χ2n) is 6.68. The fourth-order valence-electron chi connectivity index (χ4n) is 3.28. The summed E-state index contributed by atoms with van der Waals surface area (Å²) in [5, 5.41) is 11.9. The minimum atomic E-state index is -0.366. The molecule has 6 nitrogen and oxygen atoms in total. The van der Waals surface area contributed by atoms with Crippen LogP contribution in [0, 0.1) is 0 Å². The normalized spacial score (nSPS) is 18.2. The number of benzene rings is 2. The van der Waals surface area contributed by atoms with E-state index in [0.29, 0.717) is 5.16 Å². The molecule has 0 saturated heterocycles. The van der Waals surface area contributed by atoms with E-state index in [1.54, 1.807) is 0 Å². The van der Waals surface area contributed by atoms with Gasteiger partial charge in [0.25, 0.3) is 0 Å². The van der Waals surface area contributed by atoms with Crippen LogP contribution in [-0.4, -0.2) is 26.0 Å². The second-order valence-corrected chi connectivity index (χ2v) is 7.79. The zero-order chi connectivity index (χ0) is 19.5. The number of nitrogens with one attached hydrogen (secondary N) is 2. The third-order valence-electron chi connectivity index (χ3n) is 4.87. The van der Waals surface area contributed by atoms with Crippen LogP contribution in [0.4, 0.5) is 5.69 Å². The van der Waals surface area contributed by atoms with Gasteiger partial charge in [-0.05, 0) is 29.7 Å². The zero-order valence-corrected chi connectivity index (χ0v) is 16.7. The molecule has 2 N–H and O–H groups in total. The van der Waals surface area contributed by atoms with E-state index in [1.807, 2.05) is 66.2 Å². The topological polar surface area (TPSA) is 71.8 Å². The maximum Gasteiger partial charge on any atom is 0.240 e. The van der Waals surface area contributed by atoms with Gasteiger partial charge in [0, 0.05) is 12.1 Å². The van der Waals surface area contributed by atoms with E-state index in [-0.39, 0.29) is 17.2 Å². The average Bonchev–Trinajstić information content (AvgIpc) is 3.16. The molecule has 2 aromatic carbocycles. The number of aromatic nitrogens is 3. The van der Waals surface area contributed by atoms with Gasteiger partial charge in [0.2, 0.25) is 11.1 Å². The third-order valence-corrected chi connectivity index (χ3v) is 6.08. The van der Waals surface area contributed by atoms with Crippen molar-refractivity contribution in [3.63, 3.8) is 0 Å². The van der Waals surface area contributed by atoms with Gasteiger partial charge >= 0.3 is 0 Å². The molecule has 144 valence electrons. The Balaban J connectivity index is 1.62. The molecule has 1 aromatic heterocycles. The molecular formula is C21H23N5OS. The maximum absolute atomic E-state index is 13.2. The summed E-state index contributed by atoms with van der Waals surface area (Å²) >= 11 is 1.45. The fraction of sp³-hybridized carbons (Fsp3) is 0.286. The number of anilines is 1. The Kier molecular flexibility index (Phi) is 5.34. The first-order valence-corrected chi connectivity index (χ1v) is 10.4. The molecule has 1 amide bonds. The van der Waals surface area contributed by atoms with E-state index in [2.05, 4.69) is 27.9 Å². The van der Waals surface area contributed by atoms with E-state index < -0.39 is 0 Å². The predicted octanol–water partition coefficient (Wildman–Crippen LogP) is 3.80. The summed E-state index contributed by atoms with van der Waals surface area (Å²) in [5.41, 5.74) is 6.56. The molecule has 2 heterocycles. The van der Waals surface area contributed by atoms with E-state index in [0.717, 1.165) is 29.9 Å². The lowest BCUT2D eigenvalue weighted by Crippen LogP contribution is -2.41. The van der Waals surface area contributed by atoms with Gasteiger partial charge in [-0.1, -0.05) is 68.1 Å². The van der Waals surface area contributed by atoms with Crippen molar-refractivity contribution in [3.8, 4) is 0 Å². The lowest BCUT2D eigenvalue weighted by Gasteiger charge is -2.33. The first-order chi connectivity index (χ1) is 13.7. The Morgan fingerprint density at radius 2 is 1.82 bits per heavy atom. The minimum absolute atomic E-state index is 0.0529. The molecule has 4 rings (SSSR count). The van der Waals surface area contributed by atoms with E-state index >= 15 is 0 Å². The monoisotopic (exact) mass is 393 g/mol. The molecule has 28 heavy (non-hydrogen) atoms. The molecule has 1 aliphatic rings. The highest BCUT2D eigenvalue weighted by atomic mass is 32.2. The van der Waals surface area contributed by atoms with Gasteiger partial charge in [-0.15, -0.1) is 10.2 Å². The van der Waals surface area contributed by atoms with Gasteiger partial charge < -0.3 is 10.7 Å². The summed E-state index contributed by atoms with van der Waals surface area (Å²) < 4.78 is 1.90. The molecule has 0 fully saturated rings. The fourth-order valence-corrected chi connectivity index (χ4v) is 4.37. The highest BCUT2D eigenvalue weighted by molar-refractivity contribution is 8.00. The van der Waals surface area contributed by atoms with E-state index in [1.165, 1.54) is 17.3 Å². The maximum atomic E-state index is 13.2. The molecule has 7 heteroatoms. The Bertz CT molecular complexity index is 955. The van der Waals surface area contributed by atoms with Crippen molar-refractivity contribution in [1.82, 2.24) is 14.9 Å². The number of aryl methyl sites for hydroxylation is 2. The largest absolute Gasteiger partial charge is 0.325 e. The molecular weight excluding hydrogens is 370 g/mol. The molecule has 0 bridgehead atoms. The average molecular weight is 394 g/mol. The highest BCUT2D eigenvalue weighted by Gasteiger charge is 2.37. The smallest absolute Gasteiger partial charge is 0.240 e. The Hall–Kier alpha value is -2.80. The van der Waals surface area contributed by atoms with Crippen molar-refractivity contribution >= 4 is 23.4 Å². The summed E-state index contributed by atoms with van der Waals surface area (Å²) in [6.45, 7) is 4.16. The summed E-state index contributed by atoms with van der Waals surface area (Å²) in [7, 11) is 0. The second kappa shape index (κ2) is 8.06. The molecule has 3 aromatic rings. The van der Waals surface area contributed by atoms with E-state index in [9.17, 15) is 4.79 Å². The number of rotatable bonds is 5. The first kappa shape index (κ1) is 18.6. The van der Waals surface area contributed by atoms with Crippen LogP contribution in [0.5, 0.6) is 0 Å². The SMILES string of the molecule is CCc1ccc(NC(=O)[C@H]2Sc3nnc(CC)n3N[C@@H]2c2ccccc2)cc1. The third kappa shape index (κ3) is 3.62. The number of thioether (sulfide) groups is 1. The van der Waals surface area contributed by atoms with Crippen molar-refractivity contribution in [2.24, 2.45) is 0 Å². The molecule has 0 aliphatic carbocycles. The number of fused-ring (bicyclic) bond motifs is 1. The molecule has 2 atom stereocenters. The Morgan fingerprint density at radius 1 is 1.07 bits per heavy atom. The van der Waals surface area contributed by atoms with Crippen LogP contribution in [0.1, 0.15) is 36.8 Å². The standard InChI is InChI=1S/C21H23N5OS/c1-3-14-10-12-16(13-11-14)22-20(27)19-18(15-8-6-5-7-9-15)25-26-17(4-2)23-24-21(26)28-19/h5-13,18-19,25H,3-4H2,1-2H3,(H,22,27)/t18-,19+/m1/s1. The van der Waals surface area contributed by atoms with E-state index in [4.69, 9.17) is 0 Å². The summed E-state index contributed by atoms with van der Waals surface area (Å²) in [5.74, 6) is 0.806. The number of amides is 1. The lowest BCUT2D eigenvalue weighted by molar-refractivity contribution is -0.116. The number of hydrogen-bond acceptors (Lipinski definition) is 5.